The number of fused-ring (bicyclic) bond motifs is 1. The molecule has 0 aliphatic heterocycles. The van der Waals surface area contributed by atoms with E-state index in [0.29, 0.717) is 3.57 Å². The third-order valence-corrected chi connectivity index (χ3v) is 2.57. The second kappa shape index (κ2) is 2.95. The Balaban J connectivity index is 2.76. The van der Waals surface area contributed by atoms with Crippen LogP contribution < -0.4 is 0 Å². The molecule has 0 fully saturated rings. The summed E-state index contributed by atoms with van der Waals surface area (Å²) in [6.07, 6.45) is 1.57. The molecule has 0 spiro atoms. The van der Waals surface area contributed by atoms with Gasteiger partial charge < -0.3 is 0 Å². The molecule has 13 heavy (non-hydrogen) atoms. The van der Waals surface area contributed by atoms with Crippen LogP contribution >= 0.6 is 22.6 Å². The highest BCUT2D eigenvalue weighted by Crippen LogP contribution is 2.25. The highest BCUT2D eigenvalue weighted by Gasteiger charge is 2.13. The number of aromatic nitrogens is 2. The molecule has 0 aliphatic rings. The first-order chi connectivity index (χ1) is 6.18. The van der Waals surface area contributed by atoms with Crippen LogP contribution in [0.2, 0.25) is 0 Å². The standard InChI is InChI=1S/C7H4IN3O2/c8-5-2-6-4(3-9-10-6)1-7(5)11(12)13/h1-3H,(H,9,10). The van der Waals surface area contributed by atoms with Crippen LogP contribution in [0.1, 0.15) is 0 Å². The number of nitrogens with zero attached hydrogens (tertiary/aromatic N) is 2. The third-order valence-electron chi connectivity index (χ3n) is 1.70. The number of nitrogens with one attached hydrogen (secondary N) is 1. The van der Waals surface area contributed by atoms with Crippen molar-refractivity contribution in [3.05, 3.63) is 32.0 Å². The molecule has 2 rings (SSSR count). The van der Waals surface area contributed by atoms with Gasteiger partial charge in [0.2, 0.25) is 0 Å². The fraction of sp³-hybridized carbons (Fsp3) is 0. The lowest BCUT2D eigenvalue weighted by atomic mass is 10.2. The largest absolute Gasteiger partial charge is 0.283 e. The zero-order chi connectivity index (χ0) is 9.42. The van der Waals surface area contributed by atoms with E-state index in [1.807, 2.05) is 22.6 Å². The van der Waals surface area contributed by atoms with Crippen molar-refractivity contribution in [3.8, 4) is 0 Å². The van der Waals surface area contributed by atoms with Crippen LogP contribution in [-0.4, -0.2) is 15.1 Å². The summed E-state index contributed by atoms with van der Waals surface area (Å²) in [5, 5.41) is 17.9. The van der Waals surface area contributed by atoms with Gasteiger partial charge in [-0.25, -0.2) is 0 Å². The minimum Gasteiger partial charge on any atom is -0.278 e. The highest BCUT2D eigenvalue weighted by molar-refractivity contribution is 14.1. The van der Waals surface area contributed by atoms with Crippen LogP contribution in [0.5, 0.6) is 0 Å². The van der Waals surface area contributed by atoms with Crippen LogP contribution in [0, 0.1) is 13.7 Å². The quantitative estimate of drug-likeness (QED) is 0.496. The van der Waals surface area contributed by atoms with E-state index in [2.05, 4.69) is 10.2 Å². The maximum atomic E-state index is 10.6. The van der Waals surface area contributed by atoms with Crippen LogP contribution in [0.25, 0.3) is 10.9 Å². The molecule has 2 aromatic rings. The molecule has 0 amide bonds. The lowest BCUT2D eigenvalue weighted by molar-refractivity contribution is -0.385. The zero-order valence-corrected chi connectivity index (χ0v) is 8.48. The molecule has 0 atom stereocenters. The molecule has 0 saturated carbocycles. The maximum Gasteiger partial charge on any atom is 0.283 e. The average molecular weight is 289 g/mol. The van der Waals surface area contributed by atoms with Crippen molar-refractivity contribution in [1.82, 2.24) is 10.2 Å². The fourth-order valence-corrected chi connectivity index (χ4v) is 1.76. The SMILES string of the molecule is O=[N+]([O-])c1cc2cn[nH]c2cc1I. The first-order valence-corrected chi connectivity index (χ1v) is 4.53. The number of nitro groups is 1. The van der Waals surface area contributed by atoms with Crippen molar-refractivity contribution in [2.75, 3.05) is 0 Å². The Morgan fingerprint density at radius 3 is 3.00 bits per heavy atom. The molecule has 1 aromatic heterocycles. The molecular weight excluding hydrogens is 285 g/mol. The van der Waals surface area contributed by atoms with Gasteiger partial charge in [0.05, 0.1) is 20.2 Å². The minimum atomic E-state index is -0.395. The Morgan fingerprint density at radius 2 is 2.31 bits per heavy atom. The van der Waals surface area contributed by atoms with Crippen molar-refractivity contribution in [1.29, 1.82) is 0 Å². The molecule has 1 N–H and O–H groups in total. The Labute approximate surface area is 86.4 Å². The van der Waals surface area contributed by atoms with E-state index in [-0.39, 0.29) is 5.69 Å². The van der Waals surface area contributed by atoms with E-state index in [1.165, 1.54) is 6.07 Å². The molecule has 1 aromatic carbocycles. The summed E-state index contributed by atoms with van der Waals surface area (Å²) in [6.45, 7) is 0. The number of nitro benzene ring substituents is 1. The lowest BCUT2D eigenvalue weighted by Crippen LogP contribution is -1.90. The van der Waals surface area contributed by atoms with Gasteiger partial charge in [-0.05, 0) is 28.7 Å². The highest BCUT2D eigenvalue weighted by atomic mass is 127. The summed E-state index contributed by atoms with van der Waals surface area (Å²) in [4.78, 5) is 10.2. The normalized spacial score (nSPS) is 10.5. The van der Waals surface area contributed by atoms with Crippen molar-refractivity contribution in [2.45, 2.75) is 0 Å². The molecule has 0 bridgehead atoms. The average Bonchev–Trinajstić information content (AvgIpc) is 2.48. The summed E-state index contributed by atoms with van der Waals surface area (Å²) >= 11 is 1.93. The third kappa shape index (κ3) is 1.37. The van der Waals surface area contributed by atoms with Crippen molar-refractivity contribution in [2.24, 2.45) is 0 Å². The first-order valence-electron chi connectivity index (χ1n) is 3.45. The van der Waals surface area contributed by atoms with E-state index in [0.717, 1.165) is 10.9 Å². The van der Waals surface area contributed by atoms with Gasteiger partial charge in [-0.15, -0.1) is 0 Å². The predicted molar refractivity (Wildman–Crippen MR) is 55.5 cm³/mol. The summed E-state index contributed by atoms with van der Waals surface area (Å²) in [7, 11) is 0. The van der Waals surface area contributed by atoms with E-state index in [1.54, 1.807) is 12.3 Å². The van der Waals surface area contributed by atoms with Gasteiger partial charge in [0.15, 0.2) is 0 Å². The molecule has 1 heterocycles. The van der Waals surface area contributed by atoms with Gasteiger partial charge in [0.25, 0.3) is 5.69 Å². The van der Waals surface area contributed by atoms with Gasteiger partial charge in [-0.1, -0.05) is 0 Å². The van der Waals surface area contributed by atoms with E-state index in [9.17, 15) is 10.1 Å². The maximum absolute atomic E-state index is 10.6. The lowest BCUT2D eigenvalue weighted by Gasteiger charge is -1.94. The minimum absolute atomic E-state index is 0.120. The van der Waals surface area contributed by atoms with Crippen molar-refractivity contribution in [3.63, 3.8) is 0 Å². The van der Waals surface area contributed by atoms with Gasteiger partial charge >= 0.3 is 0 Å². The molecule has 0 unspecified atom stereocenters. The summed E-state index contributed by atoms with van der Waals surface area (Å²) in [6, 6.07) is 3.22. The second-order valence-corrected chi connectivity index (χ2v) is 3.68. The Bertz CT molecular complexity index is 480. The summed E-state index contributed by atoms with van der Waals surface area (Å²) in [5.74, 6) is 0. The molecular formula is C7H4IN3O2. The monoisotopic (exact) mass is 289 g/mol. The first kappa shape index (κ1) is 8.42. The van der Waals surface area contributed by atoms with Crippen LogP contribution in [0.15, 0.2) is 18.3 Å². The van der Waals surface area contributed by atoms with Gasteiger partial charge in [0.1, 0.15) is 0 Å². The number of halogens is 1. The molecule has 0 radical (unpaired) electrons. The molecule has 0 aliphatic carbocycles. The Kier molecular flexibility index (Phi) is 1.91. The number of aromatic amines is 1. The predicted octanol–water partition coefficient (Wildman–Crippen LogP) is 2.08. The van der Waals surface area contributed by atoms with Gasteiger partial charge in [-0.2, -0.15) is 5.10 Å². The van der Waals surface area contributed by atoms with Crippen molar-refractivity contribution >= 4 is 39.2 Å². The number of rotatable bonds is 1. The number of hydrogen-bond donors (Lipinski definition) is 1. The smallest absolute Gasteiger partial charge is 0.278 e. The number of benzene rings is 1. The van der Waals surface area contributed by atoms with E-state index < -0.39 is 4.92 Å². The molecule has 5 nitrogen and oxygen atoms in total. The number of hydrogen-bond acceptors (Lipinski definition) is 3. The van der Waals surface area contributed by atoms with E-state index in [4.69, 9.17) is 0 Å². The van der Waals surface area contributed by atoms with Crippen molar-refractivity contribution < 1.29 is 4.92 Å². The zero-order valence-electron chi connectivity index (χ0n) is 6.32. The number of H-pyrrole nitrogens is 1. The van der Waals surface area contributed by atoms with Crippen LogP contribution in [0.4, 0.5) is 5.69 Å². The van der Waals surface area contributed by atoms with E-state index >= 15 is 0 Å². The van der Waals surface area contributed by atoms with Crippen LogP contribution in [-0.2, 0) is 0 Å². The molecule has 0 saturated heterocycles. The summed E-state index contributed by atoms with van der Waals surface area (Å²) < 4.78 is 0.611. The molecule has 66 valence electrons. The van der Waals surface area contributed by atoms with Gasteiger partial charge in [-0.3, -0.25) is 15.2 Å². The molecule has 6 heteroatoms. The topological polar surface area (TPSA) is 71.8 Å². The van der Waals surface area contributed by atoms with Crippen LogP contribution in [0.3, 0.4) is 0 Å². The Hall–Kier alpha value is -1.18. The Morgan fingerprint density at radius 1 is 1.54 bits per heavy atom. The summed E-state index contributed by atoms with van der Waals surface area (Å²) in [5.41, 5.74) is 0.935. The second-order valence-electron chi connectivity index (χ2n) is 2.52. The van der Waals surface area contributed by atoms with Gasteiger partial charge in [0, 0.05) is 11.5 Å². The fourth-order valence-electron chi connectivity index (χ4n) is 1.09.